The summed E-state index contributed by atoms with van der Waals surface area (Å²) in [6, 6.07) is 6.64. The van der Waals surface area contributed by atoms with Crippen LogP contribution in [0, 0.1) is 11.2 Å². The third kappa shape index (κ3) is 2.51. The molecule has 0 unspecified atom stereocenters. The molecule has 1 aliphatic heterocycles. The fraction of sp³-hybridized carbons (Fsp3) is 0.650. The number of nitrogens with zero attached hydrogens (tertiary/aromatic N) is 1. The van der Waals surface area contributed by atoms with Gasteiger partial charge in [0.25, 0.3) is 0 Å². The highest BCUT2D eigenvalue weighted by Crippen LogP contribution is 2.54. The number of benzene rings is 1. The average Bonchev–Trinajstić information content (AvgIpc) is 3.43. The predicted octanol–water partition coefficient (Wildman–Crippen LogP) is 2.64. The van der Waals surface area contributed by atoms with Crippen molar-refractivity contribution in [2.24, 2.45) is 5.41 Å². The quantitative estimate of drug-likeness (QED) is 0.911. The maximum Gasteiger partial charge on any atom is 0.233 e. The van der Waals surface area contributed by atoms with Crippen molar-refractivity contribution in [1.29, 1.82) is 0 Å². The Kier molecular flexibility index (Phi) is 4.12. The molecule has 1 aromatic rings. The van der Waals surface area contributed by atoms with Crippen LogP contribution in [-0.4, -0.2) is 47.8 Å². The van der Waals surface area contributed by atoms with Crippen molar-refractivity contribution in [2.45, 2.75) is 56.7 Å². The Balaban J connectivity index is 1.46. The van der Waals surface area contributed by atoms with Crippen molar-refractivity contribution in [3.05, 3.63) is 35.6 Å². The van der Waals surface area contributed by atoms with Crippen molar-refractivity contribution in [3.8, 4) is 0 Å². The number of carbonyl (C=O) groups excluding carboxylic acids is 1. The molecule has 2 saturated carbocycles. The van der Waals surface area contributed by atoms with Gasteiger partial charge in [0.2, 0.25) is 5.91 Å². The summed E-state index contributed by atoms with van der Waals surface area (Å²) in [6.07, 6.45) is 3.43. The molecular weight excluding hydrogens is 321 g/mol. The Morgan fingerprint density at radius 1 is 1.28 bits per heavy atom. The van der Waals surface area contributed by atoms with E-state index in [0.717, 1.165) is 25.7 Å². The molecule has 1 heterocycles. The van der Waals surface area contributed by atoms with Crippen LogP contribution < -0.4 is 0 Å². The molecule has 1 saturated heterocycles. The van der Waals surface area contributed by atoms with E-state index in [0.29, 0.717) is 31.7 Å². The molecule has 1 amide bonds. The van der Waals surface area contributed by atoms with Gasteiger partial charge in [0, 0.05) is 37.1 Å². The van der Waals surface area contributed by atoms with Crippen LogP contribution in [0.3, 0.4) is 0 Å². The molecule has 2 aliphatic carbocycles. The van der Waals surface area contributed by atoms with E-state index in [9.17, 15) is 14.3 Å². The van der Waals surface area contributed by atoms with Crippen molar-refractivity contribution in [1.82, 2.24) is 4.90 Å². The second-order valence-corrected chi connectivity index (χ2v) is 7.78. The van der Waals surface area contributed by atoms with Crippen LogP contribution in [0.25, 0.3) is 0 Å². The molecule has 1 spiro atoms. The Bertz CT molecular complexity index is 663. The van der Waals surface area contributed by atoms with Gasteiger partial charge >= 0.3 is 0 Å². The fourth-order valence-electron chi connectivity index (χ4n) is 4.82. The molecule has 0 bridgehead atoms. The second-order valence-electron chi connectivity index (χ2n) is 7.78. The predicted molar refractivity (Wildman–Crippen MR) is 91.6 cm³/mol. The lowest BCUT2D eigenvalue weighted by Gasteiger charge is -2.56. The zero-order chi connectivity index (χ0) is 17.7. The number of aliphatic hydroxyl groups excluding tert-OH is 1. The van der Waals surface area contributed by atoms with E-state index in [2.05, 4.69) is 0 Å². The van der Waals surface area contributed by atoms with Crippen LogP contribution in [0.15, 0.2) is 24.3 Å². The Hall–Kier alpha value is -1.46. The van der Waals surface area contributed by atoms with Crippen LogP contribution in [0.1, 0.15) is 44.6 Å². The number of hydrogen-bond acceptors (Lipinski definition) is 3. The Morgan fingerprint density at radius 3 is 2.52 bits per heavy atom. The number of aliphatic hydroxyl groups is 1. The van der Waals surface area contributed by atoms with Gasteiger partial charge in [0.15, 0.2) is 0 Å². The molecule has 1 N–H and O–H groups in total. The standard InChI is InChI=1S/C20H26FNO3/c1-2-25-17-13-16(23)20(17)9-11-22(12-10-20)18(24)19(7-8-19)14-5-3-4-6-15(14)21/h3-6,16-17,23H,2,7-13H2,1H3/t16-,17-/m0/s1. The van der Waals surface area contributed by atoms with E-state index >= 15 is 0 Å². The summed E-state index contributed by atoms with van der Waals surface area (Å²) in [5.41, 5.74) is -0.314. The first-order chi connectivity index (χ1) is 12.0. The van der Waals surface area contributed by atoms with E-state index in [1.54, 1.807) is 18.2 Å². The third-order valence-corrected chi connectivity index (χ3v) is 6.64. The number of carbonyl (C=O) groups is 1. The molecule has 3 fully saturated rings. The number of hydrogen-bond donors (Lipinski definition) is 1. The highest BCUT2D eigenvalue weighted by molar-refractivity contribution is 5.91. The van der Waals surface area contributed by atoms with Gasteiger partial charge < -0.3 is 14.7 Å². The highest BCUT2D eigenvalue weighted by atomic mass is 19.1. The summed E-state index contributed by atoms with van der Waals surface area (Å²) in [5, 5.41) is 10.3. The number of amides is 1. The molecular formula is C20H26FNO3. The lowest BCUT2D eigenvalue weighted by molar-refractivity contribution is -0.210. The molecule has 0 aromatic heterocycles. The van der Waals surface area contributed by atoms with E-state index in [4.69, 9.17) is 4.74 Å². The first kappa shape index (κ1) is 17.0. The molecule has 1 aromatic carbocycles. The monoisotopic (exact) mass is 347 g/mol. The average molecular weight is 347 g/mol. The minimum Gasteiger partial charge on any atom is -0.392 e. The summed E-state index contributed by atoms with van der Waals surface area (Å²) >= 11 is 0. The summed E-state index contributed by atoms with van der Waals surface area (Å²) in [7, 11) is 0. The number of rotatable bonds is 4. The molecule has 0 radical (unpaired) electrons. The van der Waals surface area contributed by atoms with Crippen molar-refractivity contribution in [3.63, 3.8) is 0 Å². The normalized spacial score (nSPS) is 29.3. The summed E-state index contributed by atoms with van der Waals surface area (Å²) in [6.45, 7) is 3.87. The number of likely N-dealkylation sites (tertiary alicyclic amines) is 1. The van der Waals surface area contributed by atoms with Gasteiger partial charge in [-0.05, 0) is 38.7 Å². The summed E-state index contributed by atoms with van der Waals surface area (Å²) < 4.78 is 20.0. The molecule has 2 atom stereocenters. The van der Waals surface area contributed by atoms with Crippen LogP contribution in [0.2, 0.25) is 0 Å². The lowest BCUT2D eigenvalue weighted by atomic mass is 9.58. The summed E-state index contributed by atoms with van der Waals surface area (Å²) in [5.74, 6) is -0.234. The topological polar surface area (TPSA) is 49.8 Å². The molecule has 4 nitrogen and oxygen atoms in total. The van der Waals surface area contributed by atoms with Crippen LogP contribution in [0.5, 0.6) is 0 Å². The minimum atomic E-state index is -0.659. The van der Waals surface area contributed by atoms with E-state index in [1.165, 1.54) is 6.07 Å². The van der Waals surface area contributed by atoms with Crippen LogP contribution in [-0.2, 0) is 14.9 Å². The van der Waals surface area contributed by atoms with E-state index in [-0.39, 0.29) is 29.3 Å². The second kappa shape index (κ2) is 6.06. The van der Waals surface area contributed by atoms with Gasteiger partial charge in [0.05, 0.1) is 17.6 Å². The van der Waals surface area contributed by atoms with E-state index in [1.807, 2.05) is 11.8 Å². The van der Waals surface area contributed by atoms with Crippen LogP contribution in [0.4, 0.5) is 4.39 Å². The maximum absolute atomic E-state index is 14.2. The smallest absolute Gasteiger partial charge is 0.233 e. The molecule has 4 rings (SSSR count). The largest absolute Gasteiger partial charge is 0.392 e. The first-order valence-corrected chi connectivity index (χ1v) is 9.37. The van der Waals surface area contributed by atoms with Gasteiger partial charge in [0.1, 0.15) is 5.82 Å². The zero-order valence-corrected chi connectivity index (χ0v) is 14.7. The highest BCUT2D eigenvalue weighted by Gasteiger charge is 2.59. The van der Waals surface area contributed by atoms with Crippen molar-refractivity contribution in [2.75, 3.05) is 19.7 Å². The molecule has 3 aliphatic rings. The minimum absolute atomic E-state index is 0.0502. The van der Waals surface area contributed by atoms with Gasteiger partial charge in [-0.15, -0.1) is 0 Å². The first-order valence-electron chi connectivity index (χ1n) is 9.37. The number of piperidine rings is 1. The molecule has 25 heavy (non-hydrogen) atoms. The van der Waals surface area contributed by atoms with Crippen molar-refractivity contribution >= 4 is 5.91 Å². The Labute approximate surface area is 148 Å². The fourth-order valence-corrected chi connectivity index (χ4v) is 4.82. The summed E-state index contributed by atoms with van der Waals surface area (Å²) in [4.78, 5) is 15.0. The molecule has 136 valence electrons. The van der Waals surface area contributed by atoms with E-state index < -0.39 is 5.41 Å². The van der Waals surface area contributed by atoms with Gasteiger partial charge in [-0.2, -0.15) is 0 Å². The molecule has 5 heteroatoms. The SMILES string of the molecule is CCO[C@H]1C[C@H](O)C12CCN(C(=O)C1(c3ccccc3F)CC1)CC2. The van der Waals surface area contributed by atoms with Crippen LogP contribution >= 0.6 is 0 Å². The van der Waals surface area contributed by atoms with Gasteiger partial charge in [-0.25, -0.2) is 4.39 Å². The third-order valence-electron chi connectivity index (χ3n) is 6.64. The zero-order valence-electron chi connectivity index (χ0n) is 14.7. The lowest BCUT2D eigenvalue weighted by Crippen LogP contribution is -2.63. The maximum atomic E-state index is 14.2. The van der Waals surface area contributed by atoms with Crippen molar-refractivity contribution < 1.29 is 19.0 Å². The number of ether oxygens (including phenoxy) is 1. The van der Waals surface area contributed by atoms with Gasteiger partial charge in [-0.3, -0.25) is 4.79 Å². The van der Waals surface area contributed by atoms with Gasteiger partial charge in [-0.1, -0.05) is 18.2 Å². The Morgan fingerprint density at radius 2 is 1.96 bits per heavy atom. The number of halogens is 1.